The number of carbonyl (C=O) groups is 1. The van der Waals surface area contributed by atoms with Gasteiger partial charge < -0.3 is 24.2 Å². The molecule has 1 atom stereocenters. The number of H-pyrrole nitrogens is 1. The molecule has 3 aromatic carbocycles. The lowest BCUT2D eigenvalue weighted by Gasteiger charge is -2.27. The second-order valence-electron chi connectivity index (χ2n) is 8.49. The van der Waals surface area contributed by atoms with E-state index in [4.69, 9.17) is 14.2 Å². The number of nitrogens with one attached hydrogen (secondary N) is 1. The van der Waals surface area contributed by atoms with E-state index in [0.29, 0.717) is 41.4 Å². The van der Waals surface area contributed by atoms with Crippen LogP contribution in [0.3, 0.4) is 0 Å². The number of hydrogen-bond acceptors (Lipinski definition) is 6. The number of benzene rings is 3. The lowest BCUT2D eigenvalue weighted by molar-refractivity contribution is 0.0746. The molecule has 184 valence electrons. The smallest absolute Gasteiger partial charge is 0.273 e. The number of aromatic nitrogens is 2. The number of methoxy groups -OCH3 is 3. The van der Waals surface area contributed by atoms with Gasteiger partial charge in [0.25, 0.3) is 5.91 Å². The number of aromatic amines is 1. The minimum Gasteiger partial charge on any atom is -0.507 e. The summed E-state index contributed by atoms with van der Waals surface area (Å²) >= 11 is 0. The molecule has 0 radical (unpaired) electrons. The maximum Gasteiger partial charge on any atom is 0.273 e. The molecule has 4 aromatic rings. The van der Waals surface area contributed by atoms with E-state index in [1.165, 1.54) is 0 Å². The Balaban J connectivity index is 1.54. The molecule has 2 heterocycles. The van der Waals surface area contributed by atoms with Crippen LogP contribution in [0.25, 0.3) is 11.3 Å². The average Bonchev–Trinajstić information content (AvgIpc) is 3.46. The molecule has 2 N–H and O–H groups in total. The van der Waals surface area contributed by atoms with Crippen molar-refractivity contribution >= 4 is 5.91 Å². The maximum absolute atomic E-state index is 13.6. The van der Waals surface area contributed by atoms with E-state index in [1.807, 2.05) is 53.4 Å². The molecule has 1 aromatic heterocycles. The van der Waals surface area contributed by atoms with Crippen molar-refractivity contribution in [3.63, 3.8) is 0 Å². The molecule has 0 spiro atoms. The van der Waals surface area contributed by atoms with Crippen LogP contribution in [0.2, 0.25) is 0 Å². The highest BCUT2D eigenvalue weighted by Gasteiger charge is 2.42. The van der Waals surface area contributed by atoms with Gasteiger partial charge in [0.05, 0.1) is 27.4 Å². The van der Waals surface area contributed by atoms with E-state index in [0.717, 1.165) is 22.4 Å². The van der Waals surface area contributed by atoms with E-state index < -0.39 is 0 Å². The first-order valence-electron chi connectivity index (χ1n) is 11.6. The van der Waals surface area contributed by atoms with E-state index in [2.05, 4.69) is 10.2 Å². The van der Waals surface area contributed by atoms with E-state index >= 15 is 0 Å². The first-order valence-corrected chi connectivity index (χ1v) is 11.6. The van der Waals surface area contributed by atoms with Crippen molar-refractivity contribution < 1.29 is 24.1 Å². The van der Waals surface area contributed by atoms with E-state index in [1.54, 1.807) is 39.5 Å². The number of phenols is 1. The molecule has 0 aliphatic carbocycles. The summed E-state index contributed by atoms with van der Waals surface area (Å²) in [6.45, 7) is 0.466. The fraction of sp³-hybridized carbons (Fsp3) is 0.214. The van der Waals surface area contributed by atoms with Crippen LogP contribution < -0.4 is 14.2 Å². The van der Waals surface area contributed by atoms with Gasteiger partial charge in [-0.15, -0.1) is 0 Å². The lowest BCUT2D eigenvalue weighted by Crippen LogP contribution is -2.31. The number of para-hydroxylation sites is 1. The van der Waals surface area contributed by atoms with Crippen molar-refractivity contribution in [2.75, 3.05) is 27.9 Å². The van der Waals surface area contributed by atoms with E-state index in [9.17, 15) is 9.90 Å². The summed E-state index contributed by atoms with van der Waals surface area (Å²) in [5.41, 5.74) is 4.26. The van der Waals surface area contributed by atoms with Gasteiger partial charge in [-0.25, -0.2) is 0 Å². The minimum atomic E-state index is -0.382. The number of hydrogen-bond donors (Lipinski definition) is 2. The molecule has 8 heteroatoms. The molecular weight excluding hydrogens is 458 g/mol. The van der Waals surface area contributed by atoms with Crippen LogP contribution in [-0.2, 0) is 6.42 Å². The third-order valence-corrected chi connectivity index (χ3v) is 6.54. The monoisotopic (exact) mass is 485 g/mol. The first kappa shape index (κ1) is 23.3. The summed E-state index contributed by atoms with van der Waals surface area (Å²) in [5.74, 6) is 2.00. The molecule has 0 unspecified atom stereocenters. The fourth-order valence-electron chi connectivity index (χ4n) is 4.72. The fourth-order valence-corrected chi connectivity index (χ4v) is 4.72. The number of phenolic OH excluding ortho intramolecular Hbond substituents is 1. The molecule has 0 fully saturated rings. The number of carbonyl (C=O) groups excluding carboxylic acids is 1. The molecule has 0 saturated carbocycles. The lowest BCUT2D eigenvalue weighted by atomic mass is 9.95. The Hall–Kier alpha value is -4.46. The Kier molecular flexibility index (Phi) is 6.25. The molecule has 1 aliphatic rings. The standard InChI is InChI=1S/C28H27N3O5/c1-34-19-11-9-18(10-12-19)27-24-25(20-6-4-5-7-21(20)32)29-30-26(24)28(33)31(27)15-14-17-8-13-22(35-2)23(16-17)36-3/h4-13,16,27,32H,14-15H2,1-3H3,(H,29,30)/t27-/m1/s1. The van der Waals surface area contributed by atoms with Crippen LogP contribution in [0.1, 0.15) is 33.2 Å². The zero-order chi connectivity index (χ0) is 25.2. The Morgan fingerprint density at radius 3 is 2.39 bits per heavy atom. The van der Waals surface area contributed by atoms with Crippen molar-refractivity contribution in [2.24, 2.45) is 0 Å². The molecule has 5 rings (SSSR count). The summed E-state index contributed by atoms with van der Waals surface area (Å²) in [6.07, 6.45) is 0.613. The topological polar surface area (TPSA) is 96.9 Å². The zero-order valence-corrected chi connectivity index (χ0v) is 20.3. The van der Waals surface area contributed by atoms with Crippen LogP contribution in [0.4, 0.5) is 0 Å². The van der Waals surface area contributed by atoms with Gasteiger partial charge in [-0.1, -0.05) is 30.3 Å². The second-order valence-corrected chi connectivity index (χ2v) is 8.49. The molecule has 36 heavy (non-hydrogen) atoms. The summed E-state index contributed by atoms with van der Waals surface area (Å²) in [6, 6.07) is 20.1. The van der Waals surface area contributed by atoms with E-state index in [-0.39, 0.29) is 17.7 Å². The summed E-state index contributed by atoms with van der Waals surface area (Å²) in [5, 5.41) is 17.9. The van der Waals surface area contributed by atoms with Gasteiger partial charge in [-0.2, -0.15) is 5.10 Å². The Bertz CT molecular complexity index is 1400. The number of nitrogens with zero attached hydrogens (tertiary/aromatic N) is 2. The number of fused-ring (bicyclic) bond motifs is 1. The van der Waals surface area contributed by atoms with Gasteiger partial charge in [0.1, 0.15) is 22.9 Å². The van der Waals surface area contributed by atoms with Gasteiger partial charge >= 0.3 is 0 Å². The Labute approximate surface area is 209 Å². The largest absolute Gasteiger partial charge is 0.507 e. The third kappa shape index (κ3) is 4.00. The molecule has 1 aliphatic heterocycles. The number of amides is 1. The quantitative estimate of drug-likeness (QED) is 0.379. The highest BCUT2D eigenvalue weighted by molar-refractivity contribution is 6.00. The molecular formula is C28H27N3O5. The summed E-state index contributed by atoms with van der Waals surface area (Å²) in [4.78, 5) is 15.4. The van der Waals surface area contributed by atoms with Crippen LogP contribution in [-0.4, -0.2) is 54.0 Å². The predicted molar refractivity (Wildman–Crippen MR) is 135 cm³/mol. The molecule has 8 nitrogen and oxygen atoms in total. The zero-order valence-electron chi connectivity index (χ0n) is 20.3. The highest BCUT2D eigenvalue weighted by Crippen LogP contribution is 2.44. The summed E-state index contributed by atoms with van der Waals surface area (Å²) in [7, 11) is 4.82. The normalized spacial score (nSPS) is 14.6. The van der Waals surface area contributed by atoms with Crippen molar-refractivity contribution in [3.8, 4) is 34.3 Å². The maximum atomic E-state index is 13.6. The van der Waals surface area contributed by atoms with Crippen molar-refractivity contribution in [3.05, 3.63) is 89.1 Å². The molecule has 0 saturated heterocycles. The van der Waals surface area contributed by atoms with Crippen LogP contribution in [0, 0.1) is 0 Å². The van der Waals surface area contributed by atoms with Gasteiger partial charge in [-0.3, -0.25) is 9.89 Å². The first-order chi connectivity index (χ1) is 17.5. The van der Waals surface area contributed by atoms with Crippen LogP contribution in [0.5, 0.6) is 23.0 Å². The minimum absolute atomic E-state index is 0.108. The van der Waals surface area contributed by atoms with Gasteiger partial charge in [0, 0.05) is 17.7 Å². The highest BCUT2D eigenvalue weighted by atomic mass is 16.5. The van der Waals surface area contributed by atoms with Crippen molar-refractivity contribution in [1.82, 2.24) is 15.1 Å². The van der Waals surface area contributed by atoms with Gasteiger partial charge in [-0.05, 0) is 53.9 Å². The second kappa shape index (κ2) is 9.65. The SMILES string of the molecule is COc1ccc([C@@H]2c3c(-c4ccccc4O)n[nH]c3C(=O)N2CCc2ccc(OC)c(OC)c2)cc1. The molecule has 1 amide bonds. The van der Waals surface area contributed by atoms with Gasteiger partial charge in [0.15, 0.2) is 11.5 Å². The number of rotatable bonds is 8. The summed E-state index contributed by atoms with van der Waals surface area (Å²) < 4.78 is 16.1. The van der Waals surface area contributed by atoms with Crippen molar-refractivity contribution in [1.29, 1.82) is 0 Å². The predicted octanol–water partition coefficient (Wildman–Crippen LogP) is 4.60. The molecule has 0 bridgehead atoms. The van der Waals surface area contributed by atoms with Crippen molar-refractivity contribution in [2.45, 2.75) is 12.5 Å². The average molecular weight is 486 g/mol. The van der Waals surface area contributed by atoms with Crippen LogP contribution >= 0.6 is 0 Å². The number of ether oxygens (including phenoxy) is 3. The third-order valence-electron chi connectivity index (χ3n) is 6.54. The van der Waals surface area contributed by atoms with Crippen LogP contribution in [0.15, 0.2) is 66.7 Å². The van der Waals surface area contributed by atoms with Gasteiger partial charge in [0.2, 0.25) is 0 Å². The number of aromatic hydroxyl groups is 1. The Morgan fingerprint density at radius 2 is 1.69 bits per heavy atom. The Morgan fingerprint density at radius 1 is 0.944 bits per heavy atom.